The number of benzene rings is 2. The summed E-state index contributed by atoms with van der Waals surface area (Å²) in [6.07, 6.45) is 5.59. The van der Waals surface area contributed by atoms with Crippen molar-refractivity contribution in [1.82, 2.24) is 15.1 Å². The van der Waals surface area contributed by atoms with Crippen LogP contribution in [0.2, 0.25) is 0 Å². The van der Waals surface area contributed by atoms with Crippen molar-refractivity contribution >= 4 is 27.6 Å². The van der Waals surface area contributed by atoms with E-state index in [4.69, 9.17) is 0 Å². The van der Waals surface area contributed by atoms with Gasteiger partial charge in [-0.2, -0.15) is 0 Å². The van der Waals surface area contributed by atoms with Crippen LogP contribution in [0.25, 0.3) is 0 Å². The van der Waals surface area contributed by atoms with Gasteiger partial charge < -0.3 is 15.1 Å². The predicted octanol–water partition coefficient (Wildman–Crippen LogP) is 3.90. The third kappa shape index (κ3) is 5.96. The number of piperazine rings is 1. The van der Waals surface area contributed by atoms with Gasteiger partial charge in [-0.05, 0) is 56.0 Å². The molecule has 2 aromatic carbocycles. The molecule has 3 amide bonds. The fourth-order valence-electron chi connectivity index (χ4n) is 4.75. The first-order valence-electron chi connectivity index (χ1n) is 12.3. The summed E-state index contributed by atoms with van der Waals surface area (Å²) in [6.45, 7) is 5.27. The Kier molecular flexibility index (Phi) is 7.64. The summed E-state index contributed by atoms with van der Waals surface area (Å²) < 4.78 is 28.9. The molecule has 0 atom stereocenters. The maximum absolute atomic E-state index is 13.3. The van der Waals surface area contributed by atoms with Gasteiger partial charge in [-0.3, -0.25) is 9.52 Å². The van der Waals surface area contributed by atoms with E-state index >= 15 is 0 Å². The fraction of sp³-hybridized carbons (Fsp3) is 0.462. The number of urea groups is 1. The Balaban J connectivity index is 1.42. The van der Waals surface area contributed by atoms with Gasteiger partial charge in [-0.1, -0.05) is 43.5 Å². The Bertz CT molecular complexity index is 1180. The largest absolute Gasteiger partial charge is 0.335 e. The minimum Gasteiger partial charge on any atom is -0.335 e. The average Bonchev–Trinajstić information content (AvgIpc) is 2.86. The van der Waals surface area contributed by atoms with Crippen LogP contribution < -0.4 is 10.0 Å². The number of hydrogen-bond acceptors (Lipinski definition) is 4. The number of sulfonamides is 1. The van der Waals surface area contributed by atoms with Crippen molar-refractivity contribution in [2.24, 2.45) is 0 Å². The number of carbonyl (C=O) groups is 2. The first-order valence-corrected chi connectivity index (χ1v) is 13.8. The molecule has 1 aliphatic heterocycles. The van der Waals surface area contributed by atoms with Crippen LogP contribution in [0.3, 0.4) is 0 Å². The maximum Gasteiger partial charge on any atom is 0.317 e. The lowest BCUT2D eigenvalue weighted by atomic mass is 9.96. The van der Waals surface area contributed by atoms with Crippen LogP contribution in [-0.4, -0.2) is 62.4 Å². The van der Waals surface area contributed by atoms with E-state index in [0.717, 1.165) is 31.2 Å². The number of hydrogen-bond donors (Lipinski definition) is 2. The third-order valence-corrected chi connectivity index (χ3v) is 8.33. The Morgan fingerprint density at radius 2 is 1.54 bits per heavy atom. The Hall–Kier alpha value is -3.07. The van der Waals surface area contributed by atoms with E-state index < -0.39 is 10.0 Å². The highest BCUT2D eigenvalue weighted by Gasteiger charge is 2.28. The highest BCUT2D eigenvalue weighted by molar-refractivity contribution is 7.92. The lowest BCUT2D eigenvalue weighted by Gasteiger charge is -2.36. The van der Waals surface area contributed by atoms with Crippen molar-refractivity contribution in [2.75, 3.05) is 30.9 Å². The zero-order valence-corrected chi connectivity index (χ0v) is 21.2. The number of rotatable bonds is 5. The second-order valence-electron chi connectivity index (χ2n) is 9.48. The summed E-state index contributed by atoms with van der Waals surface area (Å²) in [5.41, 5.74) is 2.01. The molecule has 0 radical (unpaired) electrons. The minimum atomic E-state index is -3.87. The van der Waals surface area contributed by atoms with Gasteiger partial charge in [0.2, 0.25) is 0 Å². The van der Waals surface area contributed by atoms with Crippen LogP contribution in [-0.2, 0) is 10.0 Å². The summed E-state index contributed by atoms with van der Waals surface area (Å²) in [4.78, 5) is 29.6. The van der Waals surface area contributed by atoms with Gasteiger partial charge in [0.15, 0.2) is 0 Å². The predicted molar refractivity (Wildman–Crippen MR) is 136 cm³/mol. The van der Waals surface area contributed by atoms with E-state index in [9.17, 15) is 18.0 Å². The average molecular weight is 499 g/mol. The van der Waals surface area contributed by atoms with Crippen molar-refractivity contribution in [3.63, 3.8) is 0 Å². The molecular formula is C26H34N4O4S. The Morgan fingerprint density at radius 3 is 2.26 bits per heavy atom. The number of para-hydroxylation sites is 1. The van der Waals surface area contributed by atoms with Crippen LogP contribution in [0.15, 0.2) is 47.4 Å². The van der Waals surface area contributed by atoms with Gasteiger partial charge in [0.25, 0.3) is 15.9 Å². The Labute approximate surface area is 207 Å². The monoisotopic (exact) mass is 498 g/mol. The molecular weight excluding hydrogens is 464 g/mol. The normalized spacial score (nSPS) is 17.2. The highest BCUT2D eigenvalue weighted by Crippen LogP contribution is 2.24. The molecule has 0 unspecified atom stereocenters. The smallest absolute Gasteiger partial charge is 0.317 e. The molecule has 1 saturated heterocycles. The molecule has 2 fully saturated rings. The van der Waals surface area contributed by atoms with Crippen LogP contribution in [0, 0.1) is 13.8 Å². The molecule has 4 rings (SSSR count). The molecule has 2 aromatic rings. The summed E-state index contributed by atoms with van der Waals surface area (Å²) >= 11 is 0. The summed E-state index contributed by atoms with van der Waals surface area (Å²) in [6, 6.07) is 12.1. The van der Waals surface area contributed by atoms with Crippen LogP contribution >= 0.6 is 0 Å². The van der Waals surface area contributed by atoms with Crippen molar-refractivity contribution in [1.29, 1.82) is 0 Å². The van der Waals surface area contributed by atoms with E-state index in [1.54, 1.807) is 53.1 Å². The van der Waals surface area contributed by atoms with Gasteiger partial charge in [-0.15, -0.1) is 0 Å². The summed E-state index contributed by atoms with van der Waals surface area (Å²) in [5, 5.41) is 3.13. The van der Waals surface area contributed by atoms with Crippen LogP contribution in [0.4, 0.5) is 10.5 Å². The number of nitrogens with zero attached hydrogens (tertiary/aromatic N) is 2. The van der Waals surface area contributed by atoms with Gasteiger partial charge >= 0.3 is 6.03 Å². The molecule has 1 heterocycles. The van der Waals surface area contributed by atoms with Crippen molar-refractivity contribution in [3.8, 4) is 0 Å². The number of amides is 3. The van der Waals surface area contributed by atoms with Crippen LogP contribution in [0.5, 0.6) is 0 Å². The second-order valence-corrected chi connectivity index (χ2v) is 11.1. The molecule has 35 heavy (non-hydrogen) atoms. The highest BCUT2D eigenvalue weighted by atomic mass is 32.2. The van der Waals surface area contributed by atoms with E-state index in [1.807, 2.05) is 13.0 Å². The van der Waals surface area contributed by atoms with Crippen molar-refractivity contribution in [2.45, 2.75) is 56.9 Å². The lowest BCUT2D eigenvalue weighted by Crippen LogP contribution is -2.54. The molecule has 2 N–H and O–H groups in total. The van der Waals surface area contributed by atoms with Crippen LogP contribution in [0.1, 0.15) is 53.6 Å². The quantitative estimate of drug-likeness (QED) is 0.653. The van der Waals surface area contributed by atoms with E-state index in [1.165, 1.54) is 6.42 Å². The van der Waals surface area contributed by atoms with Gasteiger partial charge in [0.05, 0.1) is 16.1 Å². The van der Waals surface area contributed by atoms with Gasteiger partial charge in [0.1, 0.15) is 0 Å². The van der Waals surface area contributed by atoms with Gasteiger partial charge in [-0.25, -0.2) is 13.2 Å². The first kappa shape index (κ1) is 25.0. The zero-order chi connectivity index (χ0) is 25.0. The minimum absolute atomic E-state index is 0.0642. The van der Waals surface area contributed by atoms with Crippen molar-refractivity contribution < 1.29 is 18.0 Å². The zero-order valence-electron chi connectivity index (χ0n) is 20.4. The fourth-order valence-corrected chi connectivity index (χ4v) is 6.16. The van der Waals surface area contributed by atoms with E-state index in [2.05, 4.69) is 10.0 Å². The van der Waals surface area contributed by atoms with Gasteiger partial charge in [0, 0.05) is 32.2 Å². The SMILES string of the molecule is Cc1ccc(C)c(S(=O)(=O)Nc2ccccc2C(=O)N2CCN(C(=O)NC3CCCCC3)CC2)c1. The summed E-state index contributed by atoms with van der Waals surface area (Å²) in [7, 11) is -3.87. The number of anilines is 1. The maximum atomic E-state index is 13.3. The molecule has 2 aliphatic rings. The number of carbonyl (C=O) groups excluding carboxylic acids is 2. The first-order chi connectivity index (χ1) is 16.7. The molecule has 0 bridgehead atoms. The molecule has 1 saturated carbocycles. The number of nitrogens with one attached hydrogen (secondary N) is 2. The standard InChI is InChI=1S/C26H34N4O4S/c1-19-12-13-20(2)24(18-19)35(33,34)28-23-11-7-6-10-22(23)25(31)29-14-16-30(17-15-29)26(32)27-21-8-4-3-5-9-21/h6-7,10-13,18,21,28H,3-5,8-9,14-17H2,1-2H3,(H,27,32). The molecule has 0 aromatic heterocycles. The second kappa shape index (κ2) is 10.7. The molecule has 0 spiro atoms. The third-order valence-electron chi connectivity index (χ3n) is 6.82. The van der Waals surface area contributed by atoms with E-state index in [-0.39, 0.29) is 28.6 Å². The van der Waals surface area contributed by atoms with E-state index in [0.29, 0.717) is 37.3 Å². The molecule has 8 nitrogen and oxygen atoms in total. The molecule has 188 valence electrons. The molecule has 9 heteroatoms. The lowest BCUT2D eigenvalue weighted by molar-refractivity contribution is 0.0663. The topological polar surface area (TPSA) is 98.8 Å². The Morgan fingerprint density at radius 1 is 0.886 bits per heavy atom. The molecule has 1 aliphatic carbocycles. The summed E-state index contributed by atoms with van der Waals surface area (Å²) in [5.74, 6) is -0.253. The van der Waals surface area contributed by atoms with Crippen molar-refractivity contribution in [3.05, 3.63) is 59.2 Å². The number of aryl methyl sites for hydroxylation is 2.